The lowest BCUT2D eigenvalue weighted by molar-refractivity contribution is -0.385. The molecule has 0 heterocycles. The van der Waals surface area contributed by atoms with Crippen molar-refractivity contribution in [2.75, 3.05) is 13.1 Å². The van der Waals surface area contributed by atoms with Crippen molar-refractivity contribution in [1.82, 2.24) is 4.90 Å². The Bertz CT molecular complexity index is 609. The van der Waals surface area contributed by atoms with Crippen molar-refractivity contribution in [2.24, 2.45) is 0 Å². The number of benzene rings is 1. The SMILES string of the molecule is N#CCN(CC#N)C(=O)/C=C/c1ccccc1[N+](=O)[O-]. The summed E-state index contributed by atoms with van der Waals surface area (Å²) in [5.74, 6) is -0.550. The number of hydrogen-bond donors (Lipinski definition) is 0. The first kappa shape index (κ1) is 14.9. The van der Waals surface area contributed by atoms with E-state index in [0.717, 1.165) is 11.0 Å². The number of nitrogens with zero attached hydrogens (tertiary/aromatic N) is 4. The van der Waals surface area contributed by atoms with Crippen LogP contribution in [0.25, 0.3) is 6.08 Å². The first-order valence-electron chi connectivity index (χ1n) is 5.54. The lowest BCUT2D eigenvalue weighted by Crippen LogP contribution is -2.30. The van der Waals surface area contributed by atoms with Gasteiger partial charge in [-0.25, -0.2) is 0 Å². The van der Waals surface area contributed by atoms with E-state index in [9.17, 15) is 14.9 Å². The average Bonchev–Trinajstić information content (AvgIpc) is 2.44. The first-order chi connectivity index (χ1) is 9.60. The summed E-state index contributed by atoms with van der Waals surface area (Å²) in [6.07, 6.45) is 2.40. The Morgan fingerprint density at radius 2 is 1.90 bits per heavy atom. The zero-order valence-electron chi connectivity index (χ0n) is 10.4. The molecule has 7 nitrogen and oxygen atoms in total. The van der Waals surface area contributed by atoms with E-state index in [1.54, 1.807) is 18.2 Å². The molecule has 0 aromatic heterocycles. The van der Waals surface area contributed by atoms with Crippen LogP contribution in [0, 0.1) is 32.8 Å². The lowest BCUT2D eigenvalue weighted by Gasteiger charge is -2.12. The van der Waals surface area contributed by atoms with Crippen LogP contribution in [0.4, 0.5) is 5.69 Å². The fourth-order valence-electron chi connectivity index (χ4n) is 1.44. The van der Waals surface area contributed by atoms with E-state index in [1.165, 1.54) is 24.3 Å². The molecule has 0 aliphatic carbocycles. The van der Waals surface area contributed by atoms with Gasteiger partial charge in [0.2, 0.25) is 5.91 Å². The van der Waals surface area contributed by atoms with Gasteiger partial charge in [0.25, 0.3) is 5.69 Å². The molecule has 0 saturated heterocycles. The standard InChI is InChI=1S/C13H10N4O3/c14-7-9-16(10-8-15)13(18)6-5-11-3-1-2-4-12(11)17(19)20/h1-6H,9-10H2/b6-5+. The van der Waals surface area contributed by atoms with Crippen LogP contribution in [-0.2, 0) is 4.79 Å². The molecule has 1 amide bonds. The third kappa shape index (κ3) is 3.93. The van der Waals surface area contributed by atoms with Crippen LogP contribution in [0.3, 0.4) is 0 Å². The topological polar surface area (TPSA) is 111 Å². The van der Waals surface area contributed by atoms with E-state index < -0.39 is 10.8 Å². The van der Waals surface area contributed by atoms with E-state index in [0.29, 0.717) is 0 Å². The number of carbonyl (C=O) groups is 1. The molecule has 1 aromatic rings. The van der Waals surface area contributed by atoms with Gasteiger partial charge in [0.1, 0.15) is 13.1 Å². The van der Waals surface area contributed by atoms with Gasteiger partial charge in [-0.2, -0.15) is 10.5 Å². The molecule has 0 atom stereocenters. The molecule has 0 fully saturated rings. The predicted molar refractivity (Wildman–Crippen MR) is 69.9 cm³/mol. The second kappa shape index (κ2) is 7.29. The summed E-state index contributed by atoms with van der Waals surface area (Å²) >= 11 is 0. The van der Waals surface area contributed by atoms with E-state index in [2.05, 4.69) is 0 Å². The summed E-state index contributed by atoms with van der Waals surface area (Å²) in [5.41, 5.74) is 0.156. The molecule has 20 heavy (non-hydrogen) atoms. The highest BCUT2D eigenvalue weighted by molar-refractivity contribution is 5.92. The molecule has 100 valence electrons. The molecule has 0 bridgehead atoms. The van der Waals surface area contributed by atoms with Crippen LogP contribution in [0.15, 0.2) is 30.3 Å². The molecule has 0 N–H and O–H groups in total. The molecule has 0 spiro atoms. The van der Waals surface area contributed by atoms with Gasteiger partial charge in [0, 0.05) is 12.1 Å². The summed E-state index contributed by atoms with van der Waals surface area (Å²) < 4.78 is 0. The Kier molecular flexibility index (Phi) is 5.42. The van der Waals surface area contributed by atoms with Gasteiger partial charge in [-0.15, -0.1) is 0 Å². The van der Waals surface area contributed by atoms with Crippen molar-refractivity contribution < 1.29 is 9.72 Å². The number of rotatable bonds is 5. The molecule has 7 heteroatoms. The van der Waals surface area contributed by atoms with E-state index in [4.69, 9.17) is 10.5 Å². The van der Waals surface area contributed by atoms with Crippen molar-refractivity contribution in [3.05, 3.63) is 46.0 Å². The van der Waals surface area contributed by atoms with Crippen LogP contribution >= 0.6 is 0 Å². The Morgan fingerprint density at radius 3 is 2.45 bits per heavy atom. The van der Waals surface area contributed by atoms with Gasteiger partial charge >= 0.3 is 0 Å². The molecule has 0 unspecified atom stereocenters. The first-order valence-corrected chi connectivity index (χ1v) is 5.54. The fourth-order valence-corrected chi connectivity index (χ4v) is 1.44. The smallest absolute Gasteiger partial charge is 0.276 e. The Hall–Kier alpha value is -3.19. The summed E-state index contributed by atoms with van der Waals surface area (Å²) in [4.78, 5) is 23.0. The molecular formula is C13H10N4O3. The molecule has 0 aliphatic rings. The largest absolute Gasteiger partial charge is 0.313 e. The normalized spacial score (nSPS) is 9.70. The Morgan fingerprint density at radius 1 is 1.30 bits per heavy atom. The van der Waals surface area contributed by atoms with Gasteiger partial charge in [-0.05, 0) is 12.1 Å². The number of nitro benzene ring substituents is 1. The third-order valence-electron chi connectivity index (χ3n) is 2.37. The monoisotopic (exact) mass is 270 g/mol. The highest BCUT2D eigenvalue weighted by Crippen LogP contribution is 2.18. The van der Waals surface area contributed by atoms with Gasteiger partial charge < -0.3 is 4.90 Å². The maximum atomic E-state index is 11.7. The molecule has 1 rings (SSSR count). The zero-order chi connectivity index (χ0) is 15.0. The minimum absolute atomic E-state index is 0.122. The van der Waals surface area contributed by atoms with E-state index in [-0.39, 0.29) is 24.3 Å². The zero-order valence-corrected chi connectivity index (χ0v) is 10.4. The molecule has 1 aromatic carbocycles. The van der Waals surface area contributed by atoms with Crippen LogP contribution in [0.1, 0.15) is 5.56 Å². The van der Waals surface area contributed by atoms with Crippen LogP contribution < -0.4 is 0 Å². The van der Waals surface area contributed by atoms with Crippen molar-refractivity contribution in [3.63, 3.8) is 0 Å². The highest BCUT2D eigenvalue weighted by atomic mass is 16.6. The summed E-state index contributed by atoms with van der Waals surface area (Å²) in [6, 6.07) is 9.51. The third-order valence-corrected chi connectivity index (χ3v) is 2.37. The summed E-state index contributed by atoms with van der Waals surface area (Å²) in [6.45, 7) is -0.429. The van der Waals surface area contributed by atoms with E-state index in [1.807, 2.05) is 0 Å². The minimum Gasteiger partial charge on any atom is -0.313 e. The second-order valence-electron chi connectivity index (χ2n) is 3.66. The van der Waals surface area contributed by atoms with Crippen molar-refractivity contribution in [3.8, 4) is 12.1 Å². The summed E-state index contributed by atoms with van der Waals surface area (Å²) in [7, 11) is 0. The van der Waals surface area contributed by atoms with Gasteiger partial charge in [-0.3, -0.25) is 14.9 Å². The number of carbonyl (C=O) groups excluding carboxylic acids is 1. The highest BCUT2D eigenvalue weighted by Gasteiger charge is 2.12. The summed E-state index contributed by atoms with van der Waals surface area (Å²) in [5, 5.41) is 27.9. The Balaban J connectivity index is 2.93. The quantitative estimate of drug-likeness (QED) is 0.348. The molecular weight excluding hydrogens is 260 g/mol. The number of para-hydroxylation sites is 1. The van der Waals surface area contributed by atoms with Crippen LogP contribution in [0.2, 0.25) is 0 Å². The number of nitriles is 2. The molecule has 0 saturated carbocycles. The van der Waals surface area contributed by atoms with Crippen molar-refractivity contribution in [1.29, 1.82) is 10.5 Å². The molecule has 0 radical (unpaired) electrons. The lowest BCUT2D eigenvalue weighted by atomic mass is 10.1. The van der Waals surface area contributed by atoms with Crippen molar-refractivity contribution >= 4 is 17.7 Å². The van der Waals surface area contributed by atoms with Gasteiger partial charge in [0.05, 0.1) is 22.6 Å². The fraction of sp³-hybridized carbons (Fsp3) is 0.154. The Labute approximate surface area is 115 Å². The molecule has 0 aliphatic heterocycles. The van der Waals surface area contributed by atoms with Gasteiger partial charge in [0.15, 0.2) is 0 Å². The van der Waals surface area contributed by atoms with E-state index >= 15 is 0 Å². The van der Waals surface area contributed by atoms with Crippen LogP contribution in [-0.4, -0.2) is 28.8 Å². The minimum atomic E-state index is -0.550. The average molecular weight is 270 g/mol. The predicted octanol–water partition coefficient (Wildman–Crippen LogP) is 1.48. The maximum Gasteiger partial charge on any atom is 0.276 e. The number of nitro groups is 1. The number of hydrogen-bond acceptors (Lipinski definition) is 5. The maximum absolute atomic E-state index is 11.7. The second-order valence-corrected chi connectivity index (χ2v) is 3.66. The van der Waals surface area contributed by atoms with Crippen LogP contribution in [0.5, 0.6) is 0 Å². The van der Waals surface area contributed by atoms with Gasteiger partial charge in [-0.1, -0.05) is 12.1 Å². The number of amides is 1. The van der Waals surface area contributed by atoms with Crippen molar-refractivity contribution in [2.45, 2.75) is 0 Å².